The third-order valence-electron chi connectivity index (χ3n) is 2.53. The molecule has 0 saturated carbocycles. The molecule has 2 bridgehead atoms. The fraction of sp³-hybridized carbons (Fsp3) is 1.00. The van der Waals surface area contributed by atoms with Gasteiger partial charge in [0.1, 0.15) is 7.85 Å². The fourth-order valence-corrected chi connectivity index (χ4v) is 1.73. The summed E-state index contributed by atoms with van der Waals surface area (Å²) in [7, 11) is 5.63. The van der Waals surface area contributed by atoms with E-state index < -0.39 is 0 Å². The highest BCUT2D eigenvalue weighted by Gasteiger charge is 2.49. The minimum Gasteiger partial charge on any atom is -0.376 e. The zero-order chi connectivity index (χ0) is 7.19. The van der Waals surface area contributed by atoms with Crippen molar-refractivity contribution in [2.75, 3.05) is 6.61 Å². The fourth-order valence-electron chi connectivity index (χ4n) is 1.73. The van der Waals surface area contributed by atoms with Crippen molar-refractivity contribution in [3.05, 3.63) is 0 Å². The minimum absolute atomic E-state index is 0.0237. The average Bonchev–Trinajstić information content (AvgIpc) is 2.45. The van der Waals surface area contributed by atoms with Gasteiger partial charge in [-0.1, -0.05) is 6.92 Å². The SMILES string of the molecule is [B]C1OC2(CC)COC1C2. The van der Waals surface area contributed by atoms with E-state index in [4.69, 9.17) is 17.3 Å². The average molecular weight is 138 g/mol. The Morgan fingerprint density at radius 2 is 2.50 bits per heavy atom. The monoisotopic (exact) mass is 138 g/mol. The van der Waals surface area contributed by atoms with Gasteiger partial charge < -0.3 is 9.47 Å². The van der Waals surface area contributed by atoms with Crippen LogP contribution in [0.4, 0.5) is 0 Å². The normalized spacial score (nSPS) is 52.1. The molecular weight excluding hydrogens is 127 g/mol. The third-order valence-corrected chi connectivity index (χ3v) is 2.53. The second-order valence-corrected chi connectivity index (χ2v) is 3.17. The van der Waals surface area contributed by atoms with Gasteiger partial charge in [-0.25, -0.2) is 0 Å². The van der Waals surface area contributed by atoms with Crippen LogP contribution < -0.4 is 0 Å². The van der Waals surface area contributed by atoms with E-state index in [0.717, 1.165) is 19.4 Å². The summed E-state index contributed by atoms with van der Waals surface area (Å²) in [5.74, 6) is 0. The largest absolute Gasteiger partial charge is 0.376 e. The summed E-state index contributed by atoms with van der Waals surface area (Å²) in [5, 5.41) is 0. The highest BCUT2D eigenvalue weighted by molar-refractivity contribution is 6.11. The molecule has 2 radical (unpaired) electrons. The zero-order valence-corrected chi connectivity index (χ0v) is 6.17. The second-order valence-electron chi connectivity index (χ2n) is 3.17. The second kappa shape index (κ2) is 1.99. The van der Waals surface area contributed by atoms with Crippen molar-refractivity contribution in [2.45, 2.75) is 37.5 Å². The highest BCUT2D eigenvalue weighted by atomic mass is 16.6. The molecule has 2 heterocycles. The Labute approximate surface area is 62.3 Å². The lowest BCUT2D eigenvalue weighted by molar-refractivity contribution is -0.113. The first kappa shape index (κ1) is 6.68. The molecule has 3 unspecified atom stereocenters. The predicted octanol–water partition coefficient (Wildman–Crippen LogP) is 0.449. The maximum Gasteiger partial charge on any atom is 0.112 e. The van der Waals surface area contributed by atoms with Crippen LogP contribution in [0.1, 0.15) is 19.8 Å². The molecule has 2 fully saturated rings. The van der Waals surface area contributed by atoms with Crippen LogP contribution in [0.25, 0.3) is 0 Å². The van der Waals surface area contributed by atoms with Gasteiger partial charge in [0.15, 0.2) is 0 Å². The Morgan fingerprint density at radius 1 is 1.70 bits per heavy atom. The number of fused-ring (bicyclic) bond motifs is 2. The van der Waals surface area contributed by atoms with Gasteiger partial charge in [-0.15, -0.1) is 0 Å². The van der Waals surface area contributed by atoms with Crippen molar-refractivity contribution < 1.29 is 9.47 Å². The first-order valence-electron chi connectivity index (χ1n) is 3.81. The van der Waals surface area contributed by atoms with Gasteiger partial charge in [-0.3, -0.25) is 0 Å². The van der Waals surface area contributed by atoms with Gasteiger partial charge in [-0.2, -0.15) is 0 Å². The number of rotatable bonds is 1. The molecule has 0 aromatic heterocycles. The summed E-state index contributed by atoms with van der Waals surface area (Å²) in [6.07, 6.45) is 2.17. The quantitative estimate of drug-likeness (QED) is 0.489. The van der Waals surface area contributed by atoms with Gasteiger partial charge >= 0.3 is 0 Å². The van der Waals surface area contributed by atoms with Gasteiger partial charge in [-0.05, 0) is 6.42 Å². The standard InChI is InChI=1S/C7H11BO2/c1-2-7-3-5(9-4-7)6(8)10-7/h5-6H,2-4H2,1H3. The van der Waals surface area contributed by atoms with Gasteiger partial charge in [0.2, 0.25) is 0 Å². The van der Waals surface area contributed by atoms with Crippen LogP contribution in [0.3, 0.4) is 0 Å². The smallest absolute Gasteiger partial charge is 0.112 e. The molecule has 0 N–H and O–H groups in total. The Kier molecular flexibility index (Phi) is 1.33. The summed E-state index contributed by atoms with van der Waals surface area (Å²) >= 11 is 0. The number of hydrogen-bond donors (Lipinski definition) is 0. The van der Waals surface area contributed by atoms with Crippen molar-refractivity contribution >= 4 is 7.85 Å². The van der Waals surface area contributed by atoms with Gasteiger partial charge in [0, 0.05) is 12.4 Å². The van der Waals surface area contributed by atoms with Crippen molar-refractivity contribution in [1.29, 1.82) is 0 Å². The van der Waals surface area contributed by atoms with Crippen molar-refractivity contribution in [1.82, 2.24) is 0 Å². The number of ether oxygens (including phenoxy) is 2. The number of hydrogen-bond acceptors (Lipinski definition) is 2. The van der Waals surface area contributed by atoms with Crippen LogP contribution in [-0.2, 0) is 9.47 Å². The summed E-state index contributed by atoms with van der Waals surface area (Å²) in [6.45, 7) is 2.85. The van der Waals surface area contributed by atoms with E-state index in [9.17, 15) is 0 Å². The van der Waals surface area contributed by atoms with Crippen molar-refractivity contribution in [2.24, 2.45) is 0 Å². The summed E-state index contributed by atoms with van der Waals surface area (Å²) in [4.78, 5) is 0. The Balaban J connectivity index is 2.14. The Morgan fingerprint density at radius 3 is 2.80 bits per heavy atom. The first-order valence-corrected chi connectivity index (χ1v) is 3.81. The first-order chi connectivity index (χ1) is 4.76. The van der Waals surface area contributed by atoms with Crippen LogP contribution in [0.15, 0.2) is 0 Å². The van der Waals surface area contributed by atoms with Crippen LogP contribution >= 0.6 is 0 Å². The van der Waals surface area contributed by atoms with Crippen LogP contribution in [0.2, 0.25) is 0 Å². The molecule has 2 aliphatic heterocycles. The Hall–Kier alpha value is -0.0151. The molecule has 2 aliphatic rings. The van der Waals surface area contributed by atoms with Crippen LogP contribution in [0.5, 0.6) is 0 Å². The molecule has 0 aromatic rings. The van der Waals surface area contributed by atoms with E-state index in [2.05, 4.69) is 6.92 Å². The molecule has 3 atom stereocenters. The zero-order valence-electron chi connectivity index (χ0n) is 6.17. The van der Waals surface area contributed by atoms with E-state index in [1.165, 1.54) is 0 Å². The van der Waals surface area contributed by atoms with E-state index >= 15 is 0 Å². The molecule has 0 amide bonds. The highest BCUT2D eigenvalue weighted by Crippen LogP contribution is 2.40. The summed E-state index contributed by atoms with van der Waals surface area (Å²) < 4.78 is 11.0. The summed E-state index contributed by atoms with van der Waals surface area (Å²) in [6, 6.07) is -0.173. The Bertz CT molecular complexity index is 147. The lowest BCUT2D eigenvalue weighted by Gasteiger charge is -2.28. The third kappa shape index (κ3) is 0.737. The minimum atomic E-state index is -0.173. The molecule has 2 rings (SSSR count). The lowest BCUT2D eigenvalue weighted by Crippen LogP contribution is -2.36. The molecule has 3 heteroatoms. The topological polar surface area (TPSA) is 18.5 Å². The molecular formula is C7H11BO2. The van der Waals surface area contributed by atoms with Gasteiger partial charge in [0.25, 0.3) is 0 Å². The van der Waals surface area contributed by atoms with Crippen molar-refractivity contribution in [3.63, 3.8) is 0 Å². The van der Waals surface area contributed by atoms with Crippen molar-refractivity contribution in [3.8, 4) is 0 Å². The van der Waals surface area contributed by atoms with Crippen LogP contribution in [-0.4, -0.2) is 32.2 Å². The maximum absolute atomic E-state index is 5.63. The molecule has 2 nitrogen and oxygen atoms in total. The molecule has 0 spiro atoms. The van der Waals surface area contributed by atoms with Crippen LogP contribution in [0, 0.1) is 0 Å². The lowest BCUT2D eigenvalue weighted by atomic mass is 9.93. The van der Waals surface area contributed by atoms with E-state index in [1.807, 2.05) is 0 Å². The summed E-state index contributed by atoms with van der Waals surface area (Å²) in [5.41, 5.74) is -0.0237. The predicted molar refractivity (Wildman–Crippen MR) is 38.0 cm³/mol. The van der Waals surface area contributed by atoms with E-state index in [1.54, 1.807) is 0 Å². The molecule has 2 saturated heterocycles. The molecule has 54 valence electrons. The molecule has 0 aromatic carbocycles. The van der Waals surface area contributed by atoms with E-state index in [0.29, 0.717) is 0 Å². The molecule has 0 aliphatic carbocycles. The van der Waals surface area contributed by atoms with E-state index in [-0.39, 0.29) is 17.7 Å². The maximum atomic E-state index is 5.63. The van der Waals surface area contributed by atoms with Gasteiger partial charge in [0.05, 0.1) is 18.3 Å². The molecule has 10 heavy (non-hydrogen) atoms.